The average molecular weight is 300 g/mol. The summed E-state index contributed by atoms with van der Waals surface area (Å²) in [6.45, 7) is 0. The van der Waals surface area contributed by atoms with Crippen molar-refractivity contribution in [2.75, 3.05) is 0 Å². The van der Waals surface area contributed by atoms with E-state index in [2.05, 4.69) is 0 Å². The highest BCUT2D eigenvalue weighted by atomic mass is 35.5. The van der Waals surface area contributed by atoms with Crippen LogP contribution in [0, 0.1) is 11.6 Å². The maximum absolute atomic E-state index is 13.4. The standard InChI is InChI=1S/C15H16ClF2NO/c16-12-8-14(18)13(17)7-11(12)15(20)19(10-5-6-10)9-3-1-2-4-9/h7-10H,1-6H2. The van der Waals surface area contributed by atoms with Crippen molar-refractivity contribution in [2.45, 2.75) is 50.6 Å². The molecule has 2 fully saturated rings. The monoisotopic (exact) mass is 299 g/mol. The first kappa shape index (κ1) is 13.8. The van der Waals surface area contributed by atoms with E-state index in [-0.39, 0.29) is 28.6 Å². The van der Waals surface area contributed by atoms with Crippen LogP contribution in [0.3, 0.4) is 0 Å². The largest absolute Gasteiger partial charge is 0.333 e. The highest BCUT2D eigenvalue weighted by Crippen LogP contribution is 2.36. The third kappa shape index (κ3) is 2.53. The lowest BCUT2D eigenvalue weighted by Gasteiger charge is -2.29. The summed E-state index contributed by atoms with van der Waals surface area (Å²) < 4.78 is 26.5. The van der Waals surface area contributed by atoms with E-state index in [1.807, 2.05) is 4.90 Å². The van der Waals surface area contributed by atoms with Crippen LogP contribution in [0.1, 0.15) is 48.9 Å². The van der Waals surface area contributed by atoms with Crippen molar-refractivity contribution in [3.05, 3.63) is 34.4 Å². The first-order chi connectivity index (χ1) is 9.58. The van der Waals surface area contributed by atoms with Gasteiger partial charge in [-0.05, 0) is 37.8 Å². The lowest BCUT2D eigenvalue weighted by Crippen LogP contribution is -2.40. The fraction of sp³-hybridized carbons (Fsp3) is 0.533. The van der Waals surface area contributed by atoms with Crippen molar-refractivity contribution >= 4 is 17.5 Å². The molecule has 2 aliphatic rings. The zero-order valence-electron chi connectivity index (χ0n) is 11.0. The van der Waals surface area contributed by atoms with Crippen molar-refractivity contribution in [3.63, 3.8) is 0 Å². The van der Waals surface area contributed by atoms with Crippen LogP contribution >= 0.6 is 11.6 Å². The molecule has 0 radical (unpaired) electrons. The highest BCUT2D eigenvalue weighted by molar-refractivity contribution is 6.33. The Hall–Kier alpha value is -1.16. The second-order valence-corrected chi connectivity index (χ2v) is 6.04. The summed E-state index contributed by atoms with van der Waals surface area (Å²) in [6.07, 6.45) is 6.19. The summed E-state index contributed by atoms with van der Waals surface area (Å²) in [5.41, 5.74) is 0.0735. The molecule has 2 nitrogen and oxygen atoms in total. The number of nitrogens with zero attached hydrogens (tertiary/aromatic N) is 1. The molecule has 0 aromatic heterocycles. The molecule has 0 atom stereocenters. The predicted octanol–water partition coefficient (Wildman–Crippen LogP) is 4.17. The molecule has 1 amide bonds. The number of rotatable bonds is 3. The minimum absolute atomic E-state index is 0.0162. The van der Waals surface area contributed by atoms with Crippen molar-refractivity contribution in [3.8, 4) is 0 Å². The second kappa shape index (κ2) is 5.32. The Morgan fingerprint density at radius 1 is 1.05 bits per heavy atom. The first-order valence-corrected chi connectivity index (χ1v) is 7.43. The van der Waals surface area contributed by atoms with Gasteiger partial charge in [-0.15, -0.1) is 0 Å². The van der Waals surface area contributed by atoms with Gasteiger partial charge in [-0.2, -0.15) is 0 Å². The van der Waals surface area contributed by atoms with E-state index in [4.69, 9.17) is 11.6 Å². The highest BCUT2D eigenvalue weighted by Gasteiger charge is 2.39. The molecule has 0 aliphatic heterocycles. The smallest absolute Gasteiger partial charge is 0.255 e. The third-order valence-electron chi connectivity index (χ3n) is 4.13. The summed E-state index contributed by atoms with van der Waals surface area (Å²) >= 11 is 5.92. The Balaban J connectivity index is 1.91. The van der Waals surface area contributed by atoms with Crippen LogP contribution in [0.25, 0.3) is 0 Å². The average Bonchev–Trinajstić information content (AvgIpc) is 3.08. The van der Waals surface area contributed by atoms with E-state index in [1.54, 1.807) is 0 Å². The van der Waals surface area contributed by atoms with Crippen LogP contribution in [0.2, 0.25) is 5.02 Å². The van der Waals surface area contributed by atoms with E-state index in [0.717, 1.165) is 50.7 Å². The van der Waals surface area contributed by atoms with Gasteiger partial charge in [0.2, 0.25) is 0 Å². The van der Waals surface area contributed by atoms with Gasteiger partial charge >= 0.3 is 0 Å². The quantitative estimate of drug-likeness (QED) is 0.767. The summed E-state index contributed by atoms with van der Waals surface area (Å²) in [4.78, 5) is 14.5. The van der Waals surface area contributed by atoms with Gasteiger partial charge < -0.3 is 4.90 Å². The number of hydrogen-bond donors (Lipinski definition) is 0. The maximum atomic E-state index is 13.4. The Morgan fingerprint density at radius 2 is 1.60 bits per heavy atom. The van der Waals surface area contributed by atoms with E-state index in [9.17, 15) is 13.6 Å². The minimum Gasteiger partial charge on any atom is -0.333 e. The number of carbonyl (C=O) groups is 1. The van der Waals surface area contributed by atoms with Crippen molar-refractivity contribution in [1.82, 2.24) is 4.90 Å². The molecule has 20 heavy (non-hydrogen) atoms. The third-order valence-corrected chi connectivity index (χ3v) is 4.45. The van der Waals surface area contributed by atoms with Crippen LogP contribution in [-0.4, -0.2) is 22.9 Å². The number of benzene rings is 1. The summed E-state index contributed by atoms with van der Waals surface area (Å²) in [7, 11) is 0. The second-order valence-electron chi connectivity index (χ2n) is 5.63. The Bertz CT molecular complexity index is 539. The Morgan fingerprint density at radius 3 is 2.20 bits per heavy atom. The molecule has 2 aliphatic carbocycles. The van der Waals surface area contributed by atoms with Gasteiger partial charge in [0.1, 0.15) is 0 Å². The van der Waals surface area contributed by atoms with Gasteiger partial charge in [-0.3, -0.25) is 4.79 Å². The molecule has 3 rings (SSSR count). The van der Waals surface area contributed by atoms with E-state index in [0.29, 0.717) is 0 Å². The first-order valence-electron chi connectivity index (χ1n) is 7.05. The molecular formula is C15H16ClF2NO. The fourth-order valence-electron chi connectivity index (χ4n) is 2.99. The zero-order valence-corrected chi connectivity index (χ0v) is 11.8. The molecule has 0 N–H and O–H groups in total. The molecule has 1 aromatic rings. The lowest BCUT2D eigenvalue weighted by atomic mass is 10.1. The number of amides is 1. The summed E-state index contributed by atoms with van der Waals surface area (Å²) in [5.74, 6) is -2.31. The number of carbonyl (C=O) groups excluding carboxylic acids is 1. The predicted molar refractivity (Wildman–Crippen MR) is 72.8 cm³/mol. The van der Waals surface area contributed by atoms with Crippen LogP contribution in [0.15, 0.2) is 12.1 Å². The Kier molecular flexibility index (Phi) is 3.67. The van der Waals surface area contributed by atoms with E-state index >= 15 is 0 Å². The lowest BCUT2D eigenvalue weighted by molar-refractivity contribution is 0.0664. The molecule has 5 heteroatoms. The van der Waals surface area contributed by atoms with Crippen LogP contribution < -0.4 is 0 Å². The molecule has 0 heterocycles. The molecule has 0 saturated heterocycles. The van der Waals surface area contributed by atoms with Gasteiger partial charge in [0.25, 0.3) is 5.91 Å². The SMILES string of the molecule is O=C(c1cc(F)c(F)cc1Cl)N(C1CCCC1)C1CC1. The number of hydrogen-bond acceptors (Lipinski definition) is 1. The van der Waals surface area contributed by atoms with E-state index in [1.165, 1.54) is 0 Å². The van der Waals surface area contributed by atoms with Crippen molar-refractivity contribution < 1.29 is 13.6 Å². The van der Waals surface area contributed by atoms with Gasteiger partial charge in [0.15, 0.2) is 11.6 Å². The molecule has 0 spiro atoms. The molecular weight excluding hydrogens is 284 g/mol. The van der Waals surface area contributed by atoms with Crippen LogP contribution in [0.4, 0.5) is 8.78 Å². The maximum Gasteiger partial charge on any atom is 0.255 e. The zero-order chi connectivity index (χ0) is 14.3. The summed E-state index contributed by atoms with van der Waals surface area (Å²) in [5, 5.41) is -0.0162. The molecule has 1 aromatic carbocycles. The van der Waals surface area contributed by atoms with Gasteiger partial charge in [-0.25, -0.2) is 8.78 Å². The van der Waals surface area contributed by atoms with E-state index < -0.39 is 11.6 Å². The van der Waals surface area contributed by atoms with Crippen molar-refractivity contribution in [1.29, 1.82) is 0 Å². The minimum atomic E-state index is -1.03. The van der Waals surface area contributed by atoms with Gasteiger partial charge in [0.05, 0.1) is 10.6 Å². The fourth-order valence-corrected chi connectivity index (χ4v) is 3.22. The van der Waals surface area contributed by atoms with Crippen LogP contribution in [0.5, 0.6) is 0 Å². The molecule has 108 valence electrons. The molecule has 0 bridgehead atoms. The summed E-state index contributed by atoms with van der Waals surface area (Å²) in [6, 6.07) is 2.27. The van der Waals surface area contributed by atoms with Crippen molar-refractivity contribution in [2.24, 2.45) is 0 Å². The molecule has 0 unspecified atom stereocenters. The molecule has 2 saturated carbocycles. The topological polar surface area (TPSA) is 20.3 Å². The van der Waals surface area contributed by atoms with Gasteiger partial charge in [0, 0.05) is 12.1 Å². The normalized spacial score (nSPS) is 19.4. The number of halogens is 3. The van der Waals surface area contributed by atoms with Gasteiger partial charge in [-0.1, -0.05) is 24.4 Å². The Labute approximate surface area is 121 Å². The van der Waals surface area contributed by atoms with Crippen LogP contribution in [-0.2, 0) is 0 Å².